The van der Waals surface area contributed by atoms with Crippen molar-refractivity contribution >= 4 is 17.5 Å². The number of amides is 2. The van der Waals surface area contributed by atoms with Crippen LogP contribution in [0.25, 0.3) is 0 Å². The van der Waals surface area contributed by atoms with Crippen molar-refractivity contribution in [2.24, 2.45) is 5.41 Å². The maximum absolute atomic E-state index is 12.5. The van der Waals surface area contributed by atoms with Gasteiger partial charge in [0.05, 0.1) is 18.9 Å². The Bertz CT molecular complexity index is 704. The third-order valence-corrected chi connectivity index (χ3v) is 3.62. The third kappa shape index (κ3) is 5.11. The average Bonchev–Trinajstić information content (AvgIpc) is 3.07. The van der Waals surface area contributed by atoms with E-state index in [1.165, 1.54) is 6.26 Å². The fourth-order valence-electron chi connectivity index (χ4n) is 2.08. The summed E-state index contributed by atoms with van der Waals surface area (Å²) in [5.74, 6) is 0.594. The minimum absolute atomic E-state index is 0.0808. The molecule has 0 aliphatic rings. The summed E-state index contributed by atoms with van der Waals surface area (Å²) in [5.41, 5.74) is -0.618. The van der Waals surface area contributed by atoms with Gasteiger partial charge in [-0.15, -0.1) is 0 Å². The maximum Gasteiger partial charge on any atom is 0.239 e. The molecule has 0 aliphatic carbocycles. The van der Waals surface area contributed by atoms with Gasteiger partial charge >= 0.3 is 0 Å². The molecule has 134 valence electrons. The zero-order valence-corrected chi connectivity index (χ0v) is 15.0. The molecule has 25 heavy (non-hydrogen) atoms. The summed E-state index contributed by atoms with van der Waals surface area (Å²) < 4.78 is 10.7. The first-order chi connectivity index (χ1) is 11.8. The van der Waals surface area contributed by atoms with Crippen LogP contribution in [0.4, 0.5) is 5.69 Å². The van der Waals surface area contributed by atoms with Crippen molar-refractivity contribution in [3.05, 3.63) is 48.4 Å². The highest BCUT2D eigenvalue weighted by Gasteiger charge is 2.36. The van der Waals surface area contributed by atoms with Gasteiger partial charge in [0.2, 0.25) is 11.8 Å². The number of nitrogens with one attached hydrogen (secondary N) is 2. The van der Waals surface area contributed by atoms with Crippen LogP contribution >= 0.6 is 0 Å². The molecule has 2 rings (SSSR count). The Morgan fingerprint density at radius 2 is 1.80 bits per heavy atom. The number of furan rings is 1. The van der Waals surface area contributed by atoms with Crippen molar-refractivity contribution in [3.8, 4) is 5.75 Å². The number of rotatable bonds is 7. The number of hydrogen-bond donors (Lipinski definition) is 2. The van der Waals surface area contributed by atoms with Crippen LogP contribution in [0.3, 0.4) is 0 Å². The van der Waals surface area contributed by atoms with Crippen LogP contribution in [0, 0.1) is 5.41 Å². The van der Waals surface area contributed by atoms with Crippen molar-refractivity contribution in [2.45, 2.75) is 40.3 Å². The number of carbonyl (C=O) groups excluding carboxylic acids is 2. The molecule has 0 spiro atoms. The second-order valence-electron chi connectivity index (χ2n) is 6.53. The monoisotopic (exact) mass is 344 g/mol. The molecule has 0 unspecified atom stereocenters. The number of benzene rings is 1. The van der Waals surface area contributed by atoms with Gasteiger partial charge in [0.15, 0.2) is 0 Å². The molecule has 6 nitrogen and oxygen atoms in total. The Balaban J connectivity index is 1.94. The lowest BCUT2D eigenvalue weighted by atomic mass is 9.91. The second kappa shape index (κ2) is 7.88. The lowest BCUT2D eigenvalue weighted by molar-refractivity contribution is -0.138. The highest BCUT2D eigenvalue weighted by atomic mass is 16.5. The average molecular weight is 344 g/mol. The number of ether oxygens (including phenoxy) is 1. The van der Waals surface area contributed by atoms with Crippen LogP contribution in [0.15, 0.2) is 47.1 Å². The fraction of sp³-hybridized carbons (Fsp3) is 0.368. The summed E-state index contributed by atoms with van der Waals surface area (Å²) >= 11 is 0. The molecule has 0 bridgehead atoms. The number of carbonyl (C=O) groups is 2. The molecule has 0 atom stereocenters. The molecule has 1 heterocycles. The lowest BCUT2D eigenvalue weighted by Crippen LogP contribution is -2.44. The molecule has 2 aromatic rings. The van der Waals surface area contributed by atoms with Crippen LogP contribution in [-0.2, 0) is 16.1 Å². The summed E-state index contributed by atoms with van der Waals surface area (Å²) in [6, 6.07) is 10.5. The predicted octanol–water partition coefficient (Wildman–Crippen LogP) is 3.35. The Hall–Kier alpha value is -2.76. The molecule has 0 saturated carbocycles. The Kier molecular flexibility index (Phi) is 5.85. The molecule has 1 aromatic heterocycles. The minimum atomic E-state index is -1.22. The second-order valence-corrected chi connectivity index (χ2v) is 6.53. The predicted molar refractivity (Wildman–Crippen MR) is 95.2 cm³/mol. The van der Waals surface area contributed by atoms with Gasteiger partial charge in [-0.05, 0) is 64.1 Å². The smallest absolute Gasteiger partial charge is 0.239 e. The molecule has 1 aromatic carbocycles. The van der Waals surface area contributed by atoms with Crippen molar-refractivity contribution < 1.29 is 18.7 Å². The third-order valence-electron chi connectivity index (χ3n) is 3.62. The van der Waals surface area contributed by atoms with E-state index in [0.29, 0.717) is 11.4 Å². The zero-order chi connectivity index (χ0) is 18.4. The zero-order valence-electron chi connectivity index (χ0n) is 15.0. The van der Waals surface area contributed by atoms with E-state index in [2.05, 4.69) is 10.6 Å². The first-order valence-corrected chi connectivity index (χ1v) is 8.18. The maximum atomic E-state index is 12.5. The van der Waals surface area contributed by atoms with E-state index in [-0.39, 0.29) is 24.5 Å². The van der Waals surface area contributed by atoms with Crippen molar-refractivity contribution in [3.63, 3.8) is 0 Å². The Morgan fingerprint density at radius 3 is 2.36 bits per heavy atom. The van der Waals surface area contributed by atoms with E-state index < -0.39 is 5.41 Å². The fourth-order valence-corrected chi connectivity index (χ4v) is 2.08. The Labute approximate surface area is 147 Å². The van der Waals surface area contributed by atoms with Gasteiger partial charge in [0.1, 0.15) is 16.9 Å². The van der Waals surface area contributed by atoms with E-state index in [1.54, 1.807) is 50.2 Å². The van der Waals surface area contributed by atoms with Gasteiger partial charge < -0.3 is 19.8 Å². The topological polar surface area (TPSA) is 80.6 Å². The summed E-state index contributed by atoms with van der Waals surface area (Å²) in [6.07, 6.45) is 1.61. The quantitative estimate of drug-likeness (QED) is 0.755. The molecule has 0 aliphatic heterocycles. The minimum Gasteiger partial charge on any atom is -0.491 e. The molecule has 2 amide bonds. The number of hydrogen-bond acceptors (Lipinski definition) is 4. The summed E-state index contributed by atoms with van der Waals surface area (Å²) in [7, 11) is 0. The standard InChI is InChI=1S/C19H24N2O4/c1-13(2)25-15-9-7-14(8-10-15)21-18(23)19(3,4)17(22)20-12-16-6-5-11-24-16/h5-11,13H,12H2,1-4H3,(H,20,22)(H,21,23). The highest BCUT2D eigenvalue weighted by molar-refractivity contribution is 6.09. The normalized spacial score (nSPS) is 11.2. The van der Waals surface area contributed by atoms with Gasteiger partial charge in [-0.25, -0.2) is 0 Å². The van der Waals surface area contributed by atoms with E-state index in [0.717, 1.165) is 5.75 Å². The largest absolute Gasteiger partial charge is 0.491 e. The van der Waals surface area contributed by atoms with Crippen LogP contribution < -0.4 is 15.4 Å². The first kappa shape index (κ1) is 18.6. The van der Waals surface area contributed by atoms with Crippen LogP contribution in [-0.4, -0.2) is 17.9 Å². The highest BCUT2D eigenvalue weighted by Crippen LogP contribution is 2.21. The lowest BCUT2D eigenvalue weighted by Gasteiger charge is -2.22. The molecule has 0 radical (unpaired) electrons. The van der Waals surface area contributed by atoms with E-state index in [9.17, 15) is 9.59 Å². The van der Waals surface area contributed by atoms with Crippen LogP contribution in [0.1, 0.15) is 33.5 Å². The molecule has 2 N–H and O–H groups in total. The van der Waals surface area contributed by atoms with Crippen LogP contribution in [0.5, 0.6) is 5.75 Å². The van der Waals surface area contributed by atoms with Gasteiger partial charge in [-0.3, -0.25) is 9.59 Å². The van der Waals surface area contributed by atoms with Crippen molar-refractivity contribution in [2.75, 3.05) is 5.32 Å². The summed E-state index contributed by atoms with van der Waals surface area (Å²) in [5, 5.41) is 5.47. The Morgan fingerprint density at radius 1 is 1.12 bits per heavy atom. The van der Waals surface area contributed by atoms with Crippen molar-refractivity contribution in [1.82, 2.24) is 5.32 Å². The van der Waals surface area contributed by atoms with Gasteiger partial charge in [-0.2, -0.15) is 0 Å². The molecule has 0 fully saturated rings. The number of anilines is 1. The molecule has 6 heteroatoms. The van der Waals surface area contributed by atoms with Gasteiger partial charge in [0.25, 0.3) is 0 Å². The molecular weight excluding hydrogens is 320 g/mol. The van der Waals surface area contributed by atoms with E-state index >= 15 is 0 Å². The van der Waals surface area contributed by atoms with E-state index in [1.807, 2.05) is 13.8 Å². The molecule has 0 saturated heterocycles. The van der Waals surface area contributed by atoms with Crippen molar-refractivity contribution in [1.29, 1.82) is 0 Å². The van der Waals surface area contributed by atoms with Gasteiger partial charge in [-0.1, -0.05) is 0 Å². The molecular formula is C19H24N2O4. The first-order valence-electron chi connectivity index (χ1n) is 8.18. The van der Waals surface area contributed by atoms with Crippen LogP contribution in [0.2, 0.25) is 0 Å². The van der Waals surface area contributed by atoms with Gasteiger partial charge in [0, 0.05) is 5.69 Å². The SMILES string of the molecule is CC(C)Oc1ccc(NC(=O)C(C)(C)C(=O)NCc2ccco2)cc1. The summed E-state index contributed by atoms with van der Waals surface area (Å²) in [6.45, 7) is 7.29. The summed E-state index contributed by atoms with van der Waals surface area (Å²) in [4.78, 5) is 24.8. The van der Waals surface area contributed by atoms with E-state index in [4.69, 9.17) is 9.15 Å².